The smallest absolute Gasteiger partial charge is 0.254 e. The molecular weight excluding hydrogens is 252 g/mol. The van der Waals surface area contributed by atoms with Crippen LogP contribution in [0.1, 0.15) is 36.0 Å². The first kappa shape index (κ1) is 13.4. The van der Waals surface area contributed by atoms with Gasteiger partial charge in [-0.25, -0.2) is 0 Å². The van der Waals surface area contributed by atoms with E-state index in [1.807, 2.05) is 4.90 Å². The molecular formula is C16H22N2O2. The van der Waals surface area contributed by atoms with Gasteiger partial charge in [0.2, 0.25) is 0 Å². The summed E-state index contributed by atoms with van der Waals surface area (Å²) in [5.74, 6) is 0.187. The van der Waals surface area contributed by atoms with Crippen LogP contribution in [-0.2, 0) is 0 Å². The number of hydrogen-bond acceptors (Lipinski definition) is 3. The predicted molar refractivity (Wildman–Crippen MR) is 77.8 cm³/mol. The van der Waals surface area contributed by atoms with E-state index < -0.39 is 0 Å². The number of piperazine rings is 1. The lowest BCUT2D eigenvalue weighted by Crippen LogP contribution is -2.51. The van der Waals surface area contributed by atoms with Gasteiger partial charge in [0, 0.05) is 37.8 Å². The second-order valence-corrected chi connectivity index (χ2v) is 5.82. The molecule has 1 N–H and O–H groups in total. The van der Waals surface area contributed by atoms with Crippen molar-refractivity contribution in [3.8, 4) is 5.75 Å². The Bertz CT molecular complexity index is 475. The number of carbonyl (C=O) groups is 1. The molecule has 2 fully saturated rings. The Labute approximate surface area is 120 Å². The van der Waals surface area contributed by atoms with E-state index in [1.165, 1.54) is 25.7 Å². The lowest BCUT2D eigenvalue weighted by molar-refractivity contribution is 0.0573. The highest BCUT2D eigenvalue weighted by Gasteiger charge is 2.28. The van der Waals surface area contributed by atoms with Crippen LogP contribution in [0.2, 0.25) is 0 Å². The van der Waals surface area contributed by atoms with E-state index in [9.17, 15) is 9.90 Å². The maximum atomic E-state index is 12.4. The zero-order valence-electron chi connectivity index (χ0n) is 11.8. The highest BCUT2D eigenvalue weighted by atomic mass is 16.3. The van der Waals surface area contributed by atoms with Crippen molar-refractivity contribution in [1.29, 1.82) is 0 Å². The van der Waals surface area contributed by atoms with Gasteiger partial charge < -0.3 is 10.0 Å². The van der Waals surface area contributed by atoms with Crippen molar-refractivity contribution < 1.29 is 9.90 Å². The van der Waals surface area contributed by atoms with Crippen LogP contribution in [0.3, 0.4) is 0 Å². The van der Waals surface area contributed by atoms with Crippen molar-refractivity contribution in [1.82, 2.24) is 9.80 Å². The number of aromatic hydroxyl groups is 1. The third-order valence-electron chi connectivity index (χ3n) is 4.54. The van der Waals surface area contributed by atoms with Crippen LogP contribution in [0.4, 0.5) is 0 Å². The van der Waals surface area contributed by atoms with Gasteiger partial charge in [-0.1, -0.05) is 18.9 Å². The Morgan fingerprint density at radius 2 is 1.80 bits per heavy atom. The van der Waals surface area contributed by atoms with Gasteiger partial charge in [-0.05, 0) is 31.0 Å². The summed E-state index contributed by atoms with van der Waals surface area (Å²) in [4.78, 5) is 16.8. The van der Waals surface area contributed by atoms with Gasteiger partial charge in [0.15, 0.2) is 0 Å². The largest absolute Gasteiger partial charge is 0.508 e. The summed E-state index contributed by atoms with van der Waals surface area (Å²) in [7, 11) is 0. The molecule has 1 aromatic rings. The van der Waals surface area contributed by atoms with E-state index in [2.05, 4.69) is 4.90 Å². The normalized spacial score (nSPS) is 21.3. The molecule has 0 unspecified atom stereocenters. The van der Waals surface area contributed by atoms with E-state index in [1.54, 1.807) is 24.3 Å². The second kappa shape index (κ2) is 5.83. The van der Waals surface area contributed by atoms with Crippen molar-refractivity contribution in [2.45, 2.75) is 31.7 Å². The Balaban J connectivity index is 1.58. The highest BCUT2D eigenvalue weighted by Crippen LogP contribution is 2.24. The van der Waals surface area contributed by atoms with Crippen molar-refractivity contribution in [3.05, 3.63) is 29.8 Å². The fraction of sp³-hybridized carbons (Fsp3) is 0.562. The number of phenols is 1. The molecule has 1 aromatic carbocycles. The first-order valence-corrected chi connectivity index (χ1v) is 7.56. The summed E-state index contributed by atoms with van der Waals surface area (Å²) >= 11 is 0. The van der Waals surface area contributed by atoms with Gasteiger partial charge in [0.1, 0.15) is 5.75 Å². The maximum absolute atomic E-state index is 12.4. The van der Waals surface area contributed by atoms with Crippen LogP contribution in [0, 0.1) is 0 Å². The van der Waals surface area contributed by atoms with Gasteiger partial charge in [-0.3, -0.25) is 9.69 Å². The number of carbonyl (C=O) groups excluding carboxylic acids is 1. The zero-order chi connectivity index (χ0) is 13.9. The number of phenolic OH excluding ortho intramolecular Hbond substituents is 1. The minimum Gasteiger partial charge on any atom is -0.508 e. The van der Waals surface area contributed by atoms with Crippen molar-refractivity contribution in [2.75, 3.05) is 26.2 Å². The van der Waals surface area contributed by atoms with E-state index in [0.717, 1.165) is 32.2 Å². The standard InChI is InChI=1S/C16H22N2O2/c19-15-7-3-4-13(12-15)16(20)18-10-8-17(9-11-18)14-5-1-2-6-14/h3-4,7,12,14,19H,1-2,5-6,8-11H2. The molecule has 0 aromatic heterocycles. The topological polar surface area (TPSA) is 43.8 Å². The summed E-state index contributed by atoms with van der Waals surface area (Å²) in [5, 5.41) is 9.47. The van der Waals surface area contributed by atoms with E-state index in [4.69, 9.17) is 0 Å². The first-order valence-electron chi connectivity index (χ1n) is 7.56. The molecule has 1 aliphatic carbocycles. The van der Waals surface area contributed by atoms with Crippen molar-refractivity contribution in [3.63, 3.8) is 0 Å². The molecule has 0 radical (unpaired) electrons. The molecule has 1 saturated heterocycles. The third-order valence-corrected chi connectivity index (χ3v) is 4.54. The number of benzene rings is 1. The van der Waals surface area contributed by atoms with Gasteiger partial charge in [0.25, 0.3) is 5.91 Å². The summed E-state index contributed by atoms with van der Waals surface area (Å²) in [6.45, 7) is 3.56. The van der Waals surface area contributed by atoms with Crippen molar-refractivity contribution in [2.24, 2.45) is 0 Å². The highest BCUT2D eigenvalue weighted by molar-refractivity contribution is 5.94. The first-order chi connectivity index (χ1) is 9.74. The average molecular weight is 274 g/mol. The minimum absolute atomic E-state index is 0.0342. The molecule has 1 amide bonds. The molecule has 4 heteroatoms. The molecule has 20 heavy (non-hydrogen) atoms. The predicted octanol–water partition coefficient (Wildman–Crippen LogP) is 2.09. The fourth-order valence-corrected chi connectivity index (χ4v) is 3.38. The molecule has 0 spiro atoms. The summed E-state index contributed by atoms with van der Waals surface area (Å²) in [5.41, 5.74) is 0.583. The molecule has 108 valence electrons. The van der Waals surface area contributed by atoms with E-state index in [0.29, 0.717) is 5.56 Å². The quantitative estimate of drug-likeness (QED) is 0.898. The van der Waals surface area contributed by atoms with Gasteiger partial charge in [-0.2, -0.15) is 0 Å². The van der Waals surface area contributed by atoms with E-state index in [-0.39, 0.29) is 11.7 Å². The van der Waals surface area contributed by atoms with Gasteiger partial charge >= 0.3 is 0 Å². The Hall–Kier alpha value is -1.55. The van der Waals surface area contributed by atoms with Crippen molar-refractivity contribution >= 4 is 5.91 Å². The molecule has 2 aliphatic rings. The van der Waals surface area contributed by atoms with Gasteiger partial charge in [-0.15, -0.1) is 0 Å². The van der Waals surface area contributed by atoms with Crippen LogP contribution >= 0.6 is 0 Å². The summed E-state index contributed by atoms with van der Waals surface area (Å²) < 4.78 is 0. The zero-order valence-corrected chi connectivity index (χ0v) is 11.8. The SMILES string of the molecule is O=C(c1cccc(O)c1)N1CCN(C2CCCC2)CC1. The number of amides is 1. The lowest BCUT2D eigenvalue weighted by atomic mass is 10.1. The Morgan fingerprint density at radius 1 is 1.10 bits per heavy atom. The molecule has 0 atom stereocenters. The van der Waals surface area contributed by atoms with Crippen LogP contribution < -0.4 is 0 Å². The molecule has 3 rings (SSSR count). The van der Waals surface area contributed by atoms with Crippen LogP contribution in [0.5, 0.6) is 5.75 Å². The minimum atomic E-state index is 0.0342. The average Bonchev–Trinajstić information content (AvgIpc) is 3.01. The molecule has 1 heterocycles. The molecule has 1 aliphatic heterocycles. The van der Waals surface area contributed by atoms with Crippen LogP contribution in [0.15, 0.2) is 24.3 Å². The number of rotatable bonds is 2. The fourth-order valence-electron chi connectivity index (χ4n) is 3.38. The number of hydrogen-bond donors (Lipinski definition) is 1. The van der Waals surface area contributed by atoms with Crippen LogP contribution in [0.25, 0.3) is 0 Å². The lowest BCUT2D eigenvalue weighted by Gasteiger charge is -2.38. The third kappa shape index (κ3) is 2.80. The summed E-state index contributed by atoms with van der Waals surface area (Å²) in [6, 6.07) is 7.37. The molecule has 1 saturated carbocycles. The number of nitrogens with zero attached hydrogens (tertiary/aromatic N) is 2. The van der Waals surface area contributed by atoms with E-state index >= 15 is 0 Å². The molecule has 4 nitrogen and oxygen atoms in total. The van der Waals surface area contributed by atoms with Crippen LogP contribution in [-0.4, -0.2) is 53.0 Å². The summed E-state index contributed by atoms with van der Waals surface area (Å²) in [6.07, 6.45) is 5.35. The monoisotopic (exact) mass is 274 g/mol. The maximum Gasteiger partial charge on any atom is 0.254 e. The second-order valence-electron chi connectivity index (χ2n) is 5.82. The van der Waals surface area contributed by atoms with Gasteiger partial charge in [0.05, 0.1) is 0 Å². The molecule has 0 bridgehead atoms. The Kier molecular flexibility index (Phi) is 3.92. The Morgan fingerprint density at radius 3 is 2.45 bits per heavy atom.